The second-order valence-corrected chi connectivity index (χ2v) is 6.80. The molecule has 0 aliphatic carbocycles. The van der Waals surface area contributed by atoms with Gasteiger partial charge in [-0.05, 0) is 57.8 Å². The molecule has 136 valence electrons. The lowest BCUT2D eigenvalue weighted by Crippen LogP contribution is -2.49. The van der Waals surface area contributed by atoms with Crippen LogP contribution in [0.3, 0.4) is 0 Å². The number of carbonyl (C=O) groups excluding carboxylic acids is 2. The van der Waals surface area contributed by atoms with Crippen molar-refractivity contribution in [3.05, 3.63) is 30.1 Å². The van der Waals surface area contributed by atoms with Crippen LogP contribution in [0.15, 0.2) is 24.4 Å². The topological polar surface area (TPSA) is 62.7 Å². The third kappa shape index (κ3) is 4.37. The number of likely N-dealkylation sites (tertiary alicyclic amines) is 2. The summed E-state index contributed by atoms with van der Waals surface area (Å²) in [5.41, 5.74) is 0.524. The van der Waals surface area contributed by atoms with Crippen molar-refractivity contribution in [1.82, 2.24) is 14.8 Å². The maximum atomic E-state index is 12.5. The first-order chi connectivity index (χ1) is 12.2. The van der Waals surface area contributed by atoms with Gasteiger partial charge in [0.2, 0.25) is 0 Å². The van der Waals surface area contributed by atoms with Crippen LogP contribution in [-0.4, -0.2) is 65.5 Å². The molecule has 0 atom stereocenters. The molecule has 0 saturated carbocycles. The lowest BCUT2D eigenvalue weighted by Gasteiger charge is -2.41. The van der Waals surface area contributed by atoms with Gasteiger partial charge in [-0.2, -0.15) is 0 Å². The molecule has 0 aromatic carbocycles. The Morgan fingerprint density at radius 2 is 1.84 bits per heavy atom. The van der Waals surface area contributed by atoms with E-state index in [9.17, 15) is 9.59 Å². The van der Waals surface area contributed by atoms with Gasteiger partial charge in [0, 0.05) is 25.3 Å². The average molecular weight is 345 g/mol. The van der Waals surface area contributed by atoms with Crippen molar-refractivity contribution in [2.24, 2.45) is 5.92 Å². The molecule has 6 heteroatoms. The Labute approximate surface area is 149 Å². The van der Waals surface area contributed by atoms with Crippen LogP contribution in [0.4, 0.5) is 0 Å². The smallest absolute Gasteiger partial charge is 0.309 e. The molecule has 1 aromatic heterocycles. The zero-order valence-corrected chi connectivity index (χ0v) is 14.9. The lowest BCUT2D eigenvalue weighted by molar-refractivity contribution is -0.149. The second kappa shape index (κ2) is 8.43. The number of nitrogens with zero attached hydrogens (tertiary/aromatic N) is 3. The fourth-order valence-electron chi connectivity index (χ4n) is 3.85. The molecular weight excluding hydrogens is 318 g/mol. The number of rotatable bonds is 4. The van der Waals surface area contributed by atoms with Crippen molar-refractivity contribution in [1.29, 1.82) is 0 Å². The Kier molecular flexibility index (Phi) is 6.02. The summed E-state index contributed by atoms with van der Waals surface area (Å²) in [6.07, 6.45) is 5.40. The molecule has 0 unspecified atom stereocenters. The third-order valence-corrected chi connectivity index (χ3v) is 5.30. The molecule has 6 nitrogen and oxygen atoms in total. The normalized spacial score (nSPS) is 20.4. The van der Waals surface area contributed by atoms with E-state index in [2.05, 4.69) is 9.88 Å². The molecule has 0 spiro atoms. The van der Waals surface area contributed by atoms with E-state index in [-0.39, 0.29) is 17.8 Å². The van der Waals surface area contributed by atoms with Crippen LogP contribution in [0.5, 0.6) is 0 Å². The van der Waals surface area contributed by atoms with Crippen molar-refractivity contribution >= 4 is 11.9 Å². The van der Waals surface area contributed by atoms with Gasteiger partial charge < -0.3 is 14.5 Å². The van der Waals surface area contributed by atoms with Crippen LogP contribution >= 0.6 is 0 Å². The van der Waals surface area contributed by atoms with Crippen molar-refractivity contribution < 1.29 is 14.3 Å². The van der Waals surface area contributed by atoms with E-state index in [0.29, 0.717) is 18.3 Å². The van der Waals surface area contributed by atoms with E-state index in [1.807, 2.05) is 24.0 Å². The minimum absolute atomic E-state index is 0.0278. The molecule has 2 saturated heterocycles. The van der Waals surface area contributed by atoms with Crippen LogP contribution < -0.4 is 0 Å². The van der Waals surface area contributed by atoms with Gasteiger partial charge in [0.15, 0.2) is 0 Å². The summed E-state index contributed by atoms with van der Waals surface area (Å²) < 4.78 is 5.14. The van der Waals surface area contributed by atoms with Crippen LogP contribution in [0.25, 0.3) is 0 Å². The molecule has 3 rings (SSSR count). The second-order valence-electron chi connectivity index (χ2n) is 6.80. The standard InChI is InChI=1S/C19H27N3O3/c1-2-25-19(24)15-6-11-21(12-7-15)16-8-13-22(14-9-16)18(23)17-5-3-4-10-20-17/h3-5,10,15-16H,2,6-9,11-14H2,1H3. The first-order valence-corrected chi connectivity index (χ1v) is 9.30. The Morgan fingerprint density at radius 3 is 2.44 bits per heavy atom. The number of hydrogen-bond acceptors (Lipinski definition) is 5. The predicted octanol–water partition coefficient (Wildman–Crippen LogP) is 1.96. The van der Waals surface area contributed by atoms with E-state index in [1.54, 1.807) is 12.3 Å². The number of amides is 1. The molecule has 3 heterocycles. The summed E-state index contributed by atoms with van der Waals surface area (Å²) in [4.78, 5) is 32.9. The molecule has 1 amide bonds. The SMILES string of the molecule is CCOC(=O)C1CCN(C2CCN(C(=O)c3ccccn3)CC2)CC1. The minimum Gasteiger partial charge on any atom is -0.466 e. The van der Waals surface area contributed by atoms with E-state index in [0.717, 1.165) is 51.9 Å². The Hall–Kier alpha value is -1.95. The molecular formula is C19H27N3O3. The van der Waals surface area contributed by atoms with Gasteiger partial charge in [-0.15, -0.1) is 0 Å². The molecule has 2 aliphatic heterocycles. The quantitative estimate of drug-likeness (QED) is 0.781. The number of hydrogen-bond donors (Lipinski definition) is 0. The van der Waals surface area contributed by atoms with Crippen LogP contribution in [0.1, 0.15) is 43.1 Å². The number of aromatic nitrogens is 1. The largest absolute Gasteiger partial charge is 0.466 e. The zero-order chi connectivity index (χ0) is 17.6. The first kappa shape index (κ1) is 17.9. The lowest BCUT2D eigenvalue weighted by atomic mass is 9.93. The van der Waals surface area contributed by atoms with Crippen LogP contribution in [0, 0.1) is 5.92 Å². The monoisotopic (exact) mass is 345 g/mol. The van der Waals surface area contributed by atoms with Crippen LogP contribution in [-0.2, 0) is 9.53 Å². The van der Waals surface area contributed by atoms with Crippen LogP contribution in [0.2, 0.25) is 0 Å². The molecule has 0 N–H and O–H groups in total. The van der Waals surface area contributed by atoms with E-state index >= 15 is 0 Å². The molecule has 0 radical (unpaired) electrons. The zero-order valence-electron chi connectivity index (χ0n) is 14.9. The van der Waals surface area contributed by atoms with Gasteiger partial charge in [0.1, 0.15) is 5.69 Å². The fourth-order valence-corrected chi connectivity index (χ4v) is 3.85. The van der Waals surface area contributed by atoms with E-state index in [1.165, 1.54) is 0 Å². The summed E-state index contributed by atoms with van der Waals surface area (Å²) >= 11 is 0. The average Bonchev–Trinajstić information content (AvgIpc) is 2.68. The molecule has 2 aliphatic rings. The van der Waals surface area contributed by atoms with Gasteiger partial charge >= 0.3 is 5.97 Å². The van der Waals surface area contributed by atoms with Crippen molar-refractivity contribution in [2.45, 2.75) is 38.6 Å². The maximum absolute atomic E-state index is 12.5. The maximum Gasteiger partial charge on any atom is 0.309 e. The van der Waals surface area contributed by atoms with Gasteiger partial charge in [0.05, 0.1) is 12.5 Å². The highest BCUT2D eigenvalue weighted by molar-refractivity contribution is 5.92. The molecule has 0 bridgehead atoms. The van der Waals surface area contributed by atoms with E-state index < -0.39 is 0 Å². The number of carbonyl (C=O) groups is 2. The molecule has 2 fully saturated rings. The predicted molar refractivity (Wildman–Crippen MR) is 94.1 cm³/mol. The Morgan fingerprint density at radius 1 is 1.12 bits per heavy atom. The van der Waals surface area contributed by atoms with Crippen molar-refractivity contribution in [3.8, 4) is 0 Å². The van der Waals surface area contributed by atoms with Gasteiger partial charge in [-0.3, -0.25) is 14.6 Å². The van der Waals surface area contributed by atoms with Crippen molar-refractivity contribution in [3.63, 3.8) is 0 Å². The van der Waals surface area contributed by atoms with E-state index in [4.69, 9.17) is 4.74 Å². The fraction of sp³-hybridized carbons (Fsp3) is 0.632. The number of piperidine rings is 2. The first-order valence-electron chi connectivity index (χ1n) is 9.30. The summed E-state index contributed by atoms with van der Waals surface area (Å²) in [7, 11) is 0. The summed E-state index contributed by atoms with van der Waals surface area (Å²) in [6.45, 7) is 5.76. The Balaban J connectivity index is 1.45. The minimum atomic E-state index is -0.0436. The van der Waals surface area contributed by atoms with Gasteiger partial charge in [0.25, 0.3) is 5.91 Å². The number of pyridine rings is 1. The number of ether oxygens (including phenoxy) is 1. The van der Waals surface area contributed by atoms with Gasteiger partial charge in [-0.25, -0.2) is 0 Å². The summed E-state index contributed by atoms with van der Waals surface area (Å²) in [5, 5.41) is 0. The molecule has 1 aromatic rings. The summed E-state index contributed by atoms with van der Waals surface area (Å²) in [6, 6.07) is 5.95. The number of esters is 1. The highest BCUT2D eigenvalue weighted by Crippen LogP contribution is 2.25. The third-order valence-electron chi connectivity index (χ3n) is 5.30. The Bertz CT molecular complexity index is 577. The van der Waals surface area contributed by atoms with Gasteiger partial charge in [-0.1, -0.05) is 6.07 Å². The van der Waals surface area contributed by atoms with Crippen molar-refractivity contribution in [2.75, 3.05) is 32.8 Å². The summed E-state index contributed by atoms with van der Waals surface area (Å²) in [5.74, 6) is 0.0417. The highest BCUT2D eigenvalue weighted by atomic mass is 16.5. The molecule has 25 heavy (non-hydrogen) atoms. The highest BCUT2D eigenvalue weighted by Gasteiger charge is 2.32.